The van der Waals surface area contributed by atoms with Gasteiger partial charge in [-0.05, 0) is 36.4 Å². The van der Waals surface area contributed by atoms with E-state index in [9.17, 15) is 14.4 Å². The first-order valence-electron chi connectivity index (χ1n) is 8.49. The molecule has 0 unspecified atom stereocenters. The van der Waals surface area contributed by atoms with E-state index in [0.29, 0.717) is 16.8 Å². The number of carboxylic acid groups (broad SMARTS) is 1. The van der Waals surface area contributed by atoms with Crippen molar-refractivity contribution in [2.24, 2.45) is 0 Å². The lowest BCUT2D eigenvalue weighted by Crippen LogP contribution is -2.12. The molecule has 140 valence electrons. The van der Waals surface area contributed by atoms with Crippen LogP contribution in [0.2, 0.25) is 0 Å². The highest BCUT2D eigenvalue weighted by Gasteiger charge is 2.11. The molecule has 0 saturated heterocycles. The maximum Gasteiger partial charge on any atom is 0.335 e. The fraction of sp³-hybridized carbons (Fsp3) is 0.0455. The molecule has 0 aliphatic heterocycles. The van der Waals surface area contributed by atoms with Gasteiger partial charge in [0.15, 0.2) is 5.78 Å². The molecule has 0 aliphatic carbocycles. The largest absolute Gasteiger partial charge is 0.478 e. The Bertz CT molecular complexity index is 1020. The van der Waals surface area contributed by atoms with Crippen molar-refractivity contribution in [1.82, 2.24) is 0 Å². The maximum absolute atomic E-state index is 12.5. The van der Waals surface area contributed by atoms with Gasteiger partial charge in [0.05, 0.1) is 11.3 Å². The standard InChI is InChI=1S/C22H17NO4S/c24-20(15-6-2-1-3-7-15)14-28-19-11-5-8-16(13-19)21(25)23-18-10-4-9-17(12-18)22(26)27/h1-13H,14H2,(H,23,25)(H,26,27). The summed E-state index contributed by atoms with van der Waals surface area (Å²) in [4.78, 5) is 36.5. The van der Waals surface area contributed by atoms with Crippen molar-refractivity contribution >= 4 is 35.1 Å². The van der Waals surface area contributed by atoms with Crippen LogP contribution in [0.1, 0.15) is 31.1 Å². The maximum atomic E-state index is 12.5. The number of nitrogens with one attached hydrogen (secondary N) is 1. The zero-order valence-corrected chi connectivity index (χ0v) is 15.6. The predicted octanol–water partition coefficient (Wildman–Crippen LogP) is 4.61. The summed E-state index contributed by atoms with van der Waals surface area (Å²) in [5.41, 5.74) is 1.59. The predicted molar refractivity (Wildman–Crippen MR) is 109 cm³/mol. The second-order valence-corrected chi connectivity index (χ2v) is 6.99. The average Bonchev–Trinajstić information content (AvgIpc) is 2.73. The van der Waals surface area contributed by atoms with Crippen LogP contribution in [0.25, 0.3) is 0 Å². The van der Waals surface area contributed by atoms with Crippen molar-refractivity contribution in [1.29, 1.82) is 0 Å². The number of anilines is 1. The van der Waals surface area contributed by atoms with Crippen LogP contribution in [0.5, 0.6) is 0 Å². The zero-order chi connectivity index (χ0) is 19.9. The van der Waals surface area contributed by atoms with Crippen LogP contribution < -0.4 is 5.32 Å². The third-order valence-corrected chi connectivity index (χ3v) is 4.92. The summed E-state index contributed by atoms with van der Waals surface area (Å²) in [5.74, 6) is -1.11. The van der Waals surface area contributed by atoms with Gasteiger partial charge < -0.3 is 10.4 Å². The third-order valence-electron chi connectivity index (χ3n) is 3.93. The SMILES string of the molecule is O=C(O)c1cccc(NC(=O)c2cccc(SCC(=O)c3ccccc3)c2)c1. The number of hydrogen-bond donors (Lipinski definition) is 2. The van der Waals surface area contributed by atoms with Gasteiger partial charge in [-0.25, -0.2) is 4.79 Å². The number of carbonyl (C=O) groups is 3. The number of benzene rings is 3. The summed E-state index contributed by atoms with van der Waals surface area (Å²) in [6.07, 6.45) is 0. The second-order valence-electron chi connectivity index (χ2n) is 5.95. The van der Waals surface area contributed by atoms with Crippen LogP contribution >= 0.6 is 11.8 Å². The first kappa shape index (κ1) is 19.4. The Morgan fingerprint density at radius 3 is 2.21 bits per heavy atom. The van der Waals surface area contributed by atoms with Crippen molar-refractivity contribution < 1.29 is 19.5 Å². The van der Waals surface area contributed by atoms with Crippen molar-refractivity contribution in [3.05, 3.63) is 95.6 Å². The number of amides is 1. The van der Waals surface area contributed by atoms with Crippen LogP contribution in [0.4, 0.5) is 5.69 Å². The Morgan fingerprint density at radius 1 is 0.786 bits per heavy atom. The molecule has 0 atom stereocenters. The summed E-state index contributed by atoms with van der Waals surface area (Å²) < 4.78 is 0. The summed E-state index contributed by atoms with van der Waals surface area (Å²) >= 11 is 1.36. The topological polar surface area (TPSA) is 83.5 Å². The molecular weight excluding hydrogens is 374 g/mol. The molecule has 0 aromatic heterocycles. The smallest absolute Gasteiger partial charge is 0.335 e. The van der Waals surface area contributed by atoms with Crippen molar-refractivity contribution in [2.75, 3.05) is 11.1 Å². The van der Waals surface area contributed by atoms with Gasteiger partial charge in [0, 0.05) is 21.7 Å². The van der Waals surface area contributed by atoms with Crippen LogP contribution in [0.15, 0.2) is 83.8 Å². The Labute approximate surface area is 166 Å². The summed E-state index contributed by atoms with van der Waals surface area (Å²) in [7, 11) is 0. The number of thioether (sulfide) groups is 1. The minimum atomic E-state index is -1.06. The molecule has 0 saturated carbocycles. The van der Waals surface area contributed by atoms with Crippen LogP contribution in [-0.4, -0.2) is 28.5 Å². The molecule has 0 spiro atoms. The molecule has 5 nitrogen and oxygen atoms in total. The minimum Gasteiger partial charge on any atom is -0.478 e. The quantitative estimate of drug-likeness (QED) is 0.454. The average molecular weight is 391 g/mol. The fourth-order valence-corrected chi connectivity index (χ4v) is 3.37. The summed E-state index contributed by atoms with van der Waals surface area (Å²) in [6.45, 7) is 0. The molecule has 28 heavy (non-hydrogen) atoms. The molecular formula is C22H17NO4S. The van der Waals surface area contributed by atoms with E-state index in [-0.39, 0.29) is 23.0 Å². The molecule has 3 rings (SSSR count). The number of Topliss-reactive ketones (excluding diaryl/α,β-unsaturated/α-hetero) is 1. The van der Waals surface area contributed by atoms with E-state index in [4.69, 9.17) is 5.11 Å². The third kappa shape index (κ3) is 5.08. The molecule has 0 fully saturated rings. The number of hydrogen-bond acceptors (Lipinski definition) is 4. The van der Waals surface area contributed by atoms with Gasteiger partial charge >= 0.3 is 5.97 Å². The lowest BCUT2D eigenvalue weighted by Gasteiger charge is -2.08. The van der Waals surface area contributed by atoms with Gasteiger partial charge in [0.2, 0.25) is 0 Å². The van der Waals surface area contributed by atoms with E-state index in [1.54, 1.807) is 42.5 Å². The molecule has 0 heterocycles. The Hall–Kier alpha value is -3.38. The number of ketones is 1. The van der Waals surface area contributed by atoms with Gasteiger partial charge in [0.1, 0.15) is 0 Å². The van der Waals surface area contributed by atoms with Gasteiger partial charge in [-0.1, -0.05) is 42.5 Å². The molecule has 0 aliphatic rings. The van der Waals surface area contributed by atoms with E-state index < -0.39 is 5.97 Å². The summed E-state index contributed by atoms with van der Waals surface area (Å²) in [5, 5.41) is 11.7. The lowest BCUT2D eigenvalue weighted by molar-refractivity contribution is 0.0696. The number of rotatable bonds is 7. The molecule has 0 bridgehead atoms. The van der Waals surface area contributed by atoms with Crippen molar-refractivity contribution in [2.45, 2.75) is 4.90 Å². The normalized spacial score (nSPS) is 10.3. The Kier molecular flexibility index (Phi) is 6.24. The van der Waals surface area contributed by atoms with Gasteiger partial charge in [-0.3, -0.25) is 9.59 Å². The molecule has 6 heteroatoms. The van der Waals surface area contributed by atoms with E-state index in [2.05, 4.69) is 5.32 Å². The van der Waals surface area contributed by atoms with Gasteiger partial charge in [0.25, 0.3) is 5.91 Å². The molecule has 2 N–H and O–H groups in total. The zero-order valence-electron chi connectivity index (χ0n) is 14.8. The minimum absolute atomic E-state index is 0.0194. The first-order chi connectivity index (χ1) is 13.5. The van der Waals surface area contributed by atoms with E-state index in [1.165, 1.54) is 23.9 Å². The Morgan fingerprint density at radius 2 is 1.46 bits per heavy atom. The monoisotopic (exact) mass is 391 g/mol. The van der Waals surface area contributed by atoms with E-state index >= 15 is 0 Å². The van der Waals surface area contributed by atoms with Crippen molar-refractivity contribution in [3.8, 4) is 0 Å². The summed E-state index contributed by atoms with van der Waals surface area (Å²) in [6, 6.07) is 22.1. The van der Waals surface area contributed by atoms with Crippen LogP contribution in [-0.2, 0) is 0 Å². The fourth-order valence-electron chi connectivity index (χ4n) is 2.52. The van der Waals surface area contributed by atoms with E-state index in [0.717, 1.165) is 4.90 Å². The highest BCUT2D eigenvalue weighted by Crippen LogP contribution is 2.21. The molecule has 3 aromatic carbocycles. The van der Waals surface area contributed by atoms with Gasteiger partial charge in [-0.15, -0.1) is 11.8 Å². The molecule has 1 amide bonds. The first-order valence-corrected chi connectivity index (χ1v) is 9.47. The lowest BCUT2D eigenvalue weighted by atomic mass is 10.1. The number of carboxylic acids is 1. The second kappa shape index (κ2) is 9.01. The highest BCUT2D eigenvalue weighted by atomic mass is 32.2. The van der Waals surface area contributed by atoms with E-state index in [1.807, 2.05) is 24.3 Å². The highest BCUT2D eigenvalue weighted by molar-refractivity contribution is 8.00. The van der Waals surface area contributed by atoms with Crippen LogP contribution in [0.3, 0.4) is 0 Å². The van der Waals surface area contributed by atoms with Gasteiger partial charge in [-0.2, -0.15) is 0 Å². The number of carbonyl (C=O) groups excluding carboxylic acids is 2. The molecule has 3 aromatic rings. The van der Waals surface area contributed by atoms with Crippen molar-refractivity contribution in [3.63, 3.8) is 0 Å². The Balaban J connectivity index is 1.65. The number of aromatic carboxylic acids is 1. The molecule has 0 radical (unpaired) electrons. The van der Waals surface area contributed by atoms with Crippen LogP contribution in [0, 0.1) is 0 Å².